The van der Waals surface area contributed by atoms with E-state index in [9.17, 15) is 9.18 Å². The number of amides is 1. The van der Waals surface area contributed by atoms with Crippen molar-refractivity contribution >= 4 is 5.91 Å². The van der Waals surface area contributed by atoms with Crippen LogP contribution in [0.5, 0.6) is 5.88 Å². The van der Waals surface area contributed by atoms with Crippen molar-refractivity contribution in [3.8, 4) is 5.88 Å². The number of benzene rings is 1. The quantitative estimate of drug-likeness (QED) is 0.916. The molecule has 1 heterocycles. The summed E-state index contributed by atoms with van der Waals surface area (Å²) in [4.78, 5) is 20.2. The first kappa shape index (κ1) is 16.4. The lowest BCUT2D eigenvalue weighted by Crippen LogP contribution is -2.40. The Morgan fingerprint density at radius 2 is 2.00 bits per heavy atom. The van der Waals surface area contributed by atoms with E-state index in [1.165, 1.54) is 6.07 Å². The lowest BCUT2D eigenvalue weighted by molar-refractivity contribution is -0.121. The number of hydrogen-bond acceptors (Lipinski definition) is 4. The van der Waals surface area contributed by atoms with Crippen molar-refractivity contribution in [2.45, 2.75) is 44.2 Å². The predicted octanol–water partition coefficient (Wildman–Crippen LogP) is 2.66. The fourth-order valence-electron chi connectivity index (χ4n) is 2.94. The molecule has 1 amide bonds. The molecule has 1 aromatic carbocycles. The van der Waals surface area contributed by atoms with E-state index in [0.29, 0.717) is 11.4 Å². The van der Waals surface area contributed by atoms with Gasteiger partial charge in [-0.3, -0.25) is 9.78 Å². The van der Waals surface area contributed by atoms with Gasteiger partial charge >= 0.3 is 0 Å². The second-order valence-electron chi connectivity index (χ2n) is 5.97. The van der Waals surface area contributed by atoms with Crippen LogP contribution in [0.3, 0.4) is 0 Å². The average molecular weight is 329 g/mol. The van der Waals surface area contributed by atoms with Crippen molar-refractivity contribution in [1.29, 1.82) is 0 Å². The number of ether oxygens (including phenoxy) is 1. The molecule has 0 atom stereocenters. The molecule has 0 saturated heterocycles. The fraction of sp³-hybridized carbons (Fsp3) is 0.389. The number of carbonyl (C=O) groups excluding carboxylic acids is 1. The van der Waals surface area contributed by atoms with E-state index in [2.05, 4.69) is 15.3 Å². The minimum atomic E-state index is -0.339. The third-order valence-electron chi connectivity index (χ3n) is 4.18. The first-order valence-electron chi connectivity index (χ1n) is 8.16. The SMILES string of the molecule is O=C(Cc1ccccc1F)NC1CCC(Oc2cnccn2)CC1. The number of aromatic nitrogens is 2. The minimum absolute atomic E-state index is 0.0721. The summed E-state index contributed by atoms with van der Waals surface area (Å²) in [7, 11) is 0. The highest BCUT2D eigenvalue weighted by molar-refractivity contribution is 5.78. The maximum absolute atomic E-state index is 13.6. The Bertz CT molecular complexity index is 673. The largest absolute Gasteiger partial charge is 0.473 e. The summed E-state index contributed by atoms with van der Waals surface area (Å²) in [6.07, 6.45) is 8.36. The van der Waals surface area contributed by atoms with E-state index in [0.717, 1.165) is 25.7 Å². The van der Waals surface area contributed by atoms with Crippen molar-refractivity contribution < 1.29 is 13.9 Å². The van der Waals surface area contributed by atoms with Crippen LogP contribution >= 0.6 is 0 Å². The predicted molar refractivity (Wildman–Crippen MR) is 87.0 cm³/mol. The maximum atomic E-state index is 13.6. The summed E-state index contributed by atoms with van der Waals surface area (Å²) in [6.45, 7) is 0. The number of carbonyl (C=O) groups is 1. The maximum Gasteiger partial charge on any atom is 0.232 e. The van der Waals surface area contributed by atoms with E-state index >= 15 is 0 Å². The normalized spacial score (nSPS) is 20.4. The molecule has 0 unspecified atom stereocenters. The Labute approximate surface area is 140 Å². The second-order valence-corrected chi connectivity index (χ2v) is 5.97. The number of hydrogen-bond donors (Lipinski definition) is 1. The third kappa shape index (κ3) is 4.50. The molecule has 1 aliphatic carbocycles. The average Bonchev–Trinajstić information content (AvgIpc) is 2.60. The topological polar surface area (TPSA) is 64.1 Å². The summed E-state index contributed by atoms with van der Waals surface area (Å²) in [6, 6.07) is 6.49. The molecule has 5 nitrogen and oxygen atoms in total. The summed E-state index contributed by atoms with van der Waals surface area (Å²) in [5.74, 6) is 0.0525. The Morgan fingerprint density at radius 1 is 1.21 bits per heavy atom. The number of rotatable bonds is 5. The highest BCUT2D eigenvalue weighted by Crippen LogP contribution is 2.22. The van der Waals surface area contributed by atoms with Crippen molar-refractivity contribution in [2.24, 2.45) is 0 Å². The van der Waals surface area contributed by atoms with E-state index in [1.54, 1.807) is 36.8 Å². The molecule has 0 bridgehead atoms. The van der Waals surface area contributed by atoms with Gasteiger partial charge in [-0.1, -0.05) is 18.2 Å². The van der Waals surface area contributed by atoms with Gasteiger partial charge in [-0.15, -0.1) is 0 Å². The van der Waals surface area contributed by atoms with Gasteiger partial charge in [0.05, 0.1) is 12.6 Å². The summed E-state index contributed by atoms with van der Waals surface area (Å²) >= 11 is 0. The van der Waals surface area contributed by atoms with Crippen LogP contribution in [0.4, 0.5) is 4.39 Å². The summed E-state index contributed by atoms with van der Waals surface area (Å²) < 4.78 is 19.4. The standard InChI is InChI=1S/C18H20FN3O2/c19-16-4-2-1-3-13(16)11-17(23)22-14-5-7-15(8-6-14)24-18-12-20-9-10-21-18/h1-4,9-10,12,14-15H,5-8,11H2,(H,22,23). The van der Waals surface area contributed by atoms with Gasteiger partial charge in [0.15, 0.2) is 0 Å². The Hall–Kier alpha value is -2.50. The fourth-order valence-corrected chi connectivity index (χ4v) is 2.94. The van der Waals surface area contributed by atoms with Crippen LogP contribution in [0.25, 0.3) is 0 Å². The molecule has 0 aliphatic heterocycles. The molecule has 0 spiro atoms. The van der Waals surface area contributed by atoms with Crippen LogP contribution < -0.4 is 10.1 Å². The van der Waals surface area contributed by atoms with Gasteiger partial charge in [0.25, 0.3) is 0 Å². The number of nitrogens with one attached hydrogen (secondary N) is 1. The molecule has 0 radical (unpaired) electrons. The highest BCUT2D eigenvalue weighted by atomic mass is 19.1. The molecule has 1 saturated carbocycles. The minimum Gasteiger partial charge on any atom is -0.473 e. The first-order chi connectivity index (χ1) is 11.7. The van der Waals surface area contributed by atoms with Gasteiger partial charge in [0.1, 0.15) is 11.9 Å². The molecule has 1 aliphatic rings. The molecule has 3 rings (SSSR count). The lowest BCUT2D eigenvalue weighted by atomic mass is 9.92. The molecule has 6 heteroatoms. The third-order valence-corrected chi connectivity index (χ3v) is 4.18. The van der Waals surface area contributed by atoms with E-state index in [1.807, 2.05) is 0 Å². The Balaban J connectivity index is 1.43. The zero-order valence-electron chi connectivity index (χ0n) is 13.3. The molecule has 2 aromatic rings. The molecular formula is C18H20FN3O2. The lowest BCUT2D eigenvalue weighted by Gasteiger charge is -2.29. The van der Waals surface area contributed by atoms with Crippen molar-refractivity contribution in [3.63, 3.8) is 0 Å². The van der Waals surface area contributed by atoms with E-state index in [-0.39, 0.29) is 30.3 Å². The Morgan fingerprint density at radius 3 is 2.71 bits per heavy atom. The van der Waals surface area contributed by atoms with Gasteiger partial charge in [-0.25, -0.2) is 9.37 Å². The van der Waals surface area contributed by atoms with Gasteiger partial charge in [0, 0.05) is 18.4 Å². The van der Waals surface area contributed by atoms with Crippen LogP contribution in [-0.2, 0) is 11.2 Å². The van der Waals surface area contributed by atoms with Crippen molar-refractivity contribution in [1.82, 2.24) is 15.3 Å². The van der Waals surface area contributed by atoms with Gasteiger partial charge in [-0.2, -0.15) is 0 Å². The smallest absolute Gasteiger partial charge is 0.232 e. The van der Waals surface area contributed by atoms with Crippen LogP contribution in [-0.4, -0.2) is 28.0 Å². The molecule has 1 aromatic heterocycles. The van der Waals surface area contributed by atoms with Crippen LogP contribution in [0, 0.1) is 5.82 Å². The van der Waals surface area contributed by atoms with Crippen LogP contribution in [0.2, 0.25) is 0 Å². The van der Waals surface area contributed by atoms with Gasteiger partial charge < -0.3 is 10.1 Å². The highest BCUT2D eigenvalue weighted by Gasteiger charge is 2.24. The van der Waals surface area contributed by atoms with Crippen LogP contribution in [0.1, 0.15) is 31.2 Å². The monoisotopic (exact) mass is 329 g/mol. The van der Waals surface area contributed by atoms with Gasteiger partial charge in [-0.05, 0) is 37.3 Å². The zero-order valence-corrected chi connectivity index (χ0v) is 13.3. The molecule has 1 N–H and O–H groups in total. The zero-order chi connectivity index (χ0) is 16.8. The van der Waals surface area contributed by atoms with Crippen molar-refractivity contribution in [3.05, 3.63) is 54.2 Å². The number of halogens is 1. The molecule has 1 fully saturated rings. The number of nitrogens with zero attached hydrogens (tertiary/aromatic N) is 2. The summed E-state index contributed by atoms with van der Waals surface area (Å²) in [5.41, 5.74) is 0.426. The summed E-state index contributed by atoms with van der Waals surface area (Å²) in [5, 5.41) is 2.99. The molecule has 24 heavy (non-hydrogen) atoms. The molecule has 126 valence electrons. The Kier molecular flexibility index (Phi) is 5.36. The van der Waals surface area contributed by atoms with E-state index in [4.69, 9.17) is 4.74 Å². The first-order valence-corrected chi connectivity index (χ1v) is 8.16. The van der Waals surface area contributed by atoms with Gasteiger partial charge in [0.2, 0.25) is 11.8 Å². The van der Waals surface area contributed by atoms with Crippen LogP contribution in [0.15, 0.2) is 42.9 Å². The van der Waals surface area contributed by atoms with Crippen molar-refractivity contribution in [2.75, 3.05) is 0 Å². The second kappa shape index (κ2) is 7.86. The molecular weight excluding hydrogens is 309 g/mol. The van der Waals surface area contributed by atoms with E-state index < -0.39 is 0 Å².